The van der Waals surface area contributed by atoms with Crippen LogP contribution in [-0.2, 0) is 11.2 Å². The molecule has 4 fully saturated rings. The minimum absolute atomic E-state index is 0.0459. The molecular weight excluding hydrogens is 486 g/mol. The van der Waals surface area contributed by atoms with Crippen LogP contribution in [-0.4, -0.2) is 44.8 Å². The van der Waals surface area contributed by atoms with Gasteiger partial charge in [-0.2, -0.15) is 0 Å². The molecule has 2 aromatic rings. The van der Waals surface area contributed by atoms with Gasteiger partial charge in [0.05, 0.1) is 23.2 Å². The summed E-state index contributed by atoms with van der Waals surface area (Å²) >= 11 is 0. The third-order valence-electron chi connectivity index (χ3n) is 12.5. The zero-order valence-electron chi connectivity index (χ0n) is 24.2. The number of hydrogen-bond acceptors (Lipinski definition) is 4. The second kappa shape index (κ2) is 10.5. The molecule has 4 aliphatic rings. The molecule has 1 amide bonds. The average Bonchev–Trinajstić information content (AvgIpc) is 3.50. The average molecular weight is 536 g/mol. The number of aliphatic hydroxyl groups is 2. The molecule has 6 heteroatoms. The summed E-state index contributed by atoms with van der Waals surface area (Å²) in [5, 5.41) is 25.2. The minimum Gasteiger partial charge on any atom is -0.393 e. The summed E-state index contributed by atoms with van der Waals surface area (Å²) < 4.78 is 0. The molecule has 4 saturated carbocycles. The molecule has 0 bridgehead atoms. The van der Waals surface area contributed by atoms with E-state index >= 15 is 0 Å². The van der Waals surface area contributed by atoms with Crippen molar-refractivity contribution in [1.82, 2.24) is 15.3 Å². The second-order valence-corrected chi connectivity index (χ2v) is 14.2. The normalized spacial score (nSPS) is 40.5. The lowest BCUT2D eigenvalue weighted by atomic mass is 9.43. The second-order valence-electron chi connectivity index (χ2n) is 14.2. The van der Waals surface area contributed by atoms with Crippen LogP contribution >= 0.6 is 0 Å². The Morgan fingerprint density at radius 2 is 1.92 bits per heavy atom. The van der Waals surface area contributed by atoms with E-state index in [0.717, 1.165) is 49.0 Å². The predicted octanol–water partition coefficient (Wildman–Crippen LogP) is 5.63. The summed E-state index contributed by atoms with van der Waals surface area (Å²) in [4.78, 5) is 20.7. The number of amides is 1. The van der Waals surface area contributed by atoms with Crippen molar-refractivity contribution < 1.29 is 15.0 Å². The predicted molar refractivity (Wildman–Crippen MR) is 154 cm³/mol. The number of H-pyrrole nitrogens is 1. The summed E-state index contributed by atoms with van der Waals surface area (Å²) in [6.45, 7) is 7.78. The molecule has 6 nitrogen and oxygen atoms in total. The molecule has 0 spiro atoms. The van der Waals surface area contributed by atoms with E-state index in [1.54, 1.807) is 0 Å². The van der Waals surface area contributed by atoms with Crippen molar-refractivity contribution in [3.63, 3.8) is 0 Å². The van der Waals surface area contributed by atoms with Gasteiger partial charge in [-0.25, -0.2) is 4.98 Å². The first kappa shape index (κ1) is 27.3. The lowest BCUT2D eigenvalue weighted by Gasteiger charge is -2.62. The molecule has 1 heterocycles. The van der Waals surface area contributed by atoms with Gasteiger partial charge in [-0.15, -0.1) is 0 Å². The van der Waals surface area contributed by atoms with Gasteiger partial charge in [-0.05, 0) is 116 Å². The first-order valence-electron chi connectivity index (χ1n) is 15.8. The first-order valence-corrected chi connectivity index (χ1v) is 15.8. The zero-order chi connectivity index (χ0) is 27.4. The van der Waals surface area contributed by atoms with Gasteiger partial charge in [0, 0.05) is 19.4 Å². The Morgan fingerprint density at radius 1 is 1.10 bits per heavy atom. The molecule has 6 rings (SSSR count). The van der Waals surface area contributed by atoms with E-state index in [9.17, 15) is 15.0 Å². The highest BCUT2D eigenvalue weighted by Crippen LogP contribution is 2.68. The quantitative estimate of drug-likeness (QED) is 0.369. The van der Waals surface area contributed by atoms with Crippen molar-refractivity contribution in [2.24, 2.45) is 46.3 Å². The fourth-order valence-electron chi connectivity index (χ4n) is 10.3. The van der Waals surface area contributed by atoms with Gasteiger partial charge in [-0.1, -0.05) is 32.9 Å². The summed E-state index contributed by atoms with van der Waals surface area (Å²) in [6.07, 6.45) is 10.5. The highest BCUT2D eigenvalue weighted by Gasteiger charge is 2.63. The molecule has 10 atom stereocenters. The number of imidazole rings is 1. The van der Waals surface area contributed by atoms with Crippen molar-refractivity contribution in [2.45, 2.75) is 104 Å². The number of hydrogen-bond donors (Lipinski definition) is 4. The maximum atomic E-state index is 12.7. The van der Waals surface area contributed by atoms with Crippen molar-refractivity contribution in [2.75, 3.05) is 6.54 Å². The maximum absolute atomic E-state index is 12.7. The summed E-state index contributed by atoms with van der Waals surface area (Å²) in [5.74, 6) is 4.41. The highest BCUT2D eigenvalue weighted by atomic mass is 16.3. The van der Waals surface area contributed by atoms with Gasteiger partial charge in [0.15, 0.2) is 0 Å². The van der Waals surface area contributed by atoms with Crippen molar-refractivity contribution in [1.29, 1.82) is 0 Å². The van der Waals surface area contributed by atoms with E-state index in [2.05, 4.69) is 36.1 Å². The molecule has 1 aromatic carbocycles. The maximum Gasteiger partial charge on any atom is 0.220 e. The lowest BCUT2D eigenvalue weighted by molar-refractivity contribution is -0.174. The largest absolute Gasteiger partial charge is 0.393 e. The number of nitrogens with zero attached hydrogens (tertiary/aromatic N) is 1. The lowest BCUT2D eigenvalue weighted by Crippen LogP contribution is -2.58. The van der Waals surface area contributed by atoms with Crippen LogP contribution in [0.5, 0.6) is 0 Å². The van der Waals surface area contributed by atoms with E-state index in [-0.39, 0.29) is 28.9 Å². The third kappa shape index (κ3) is 4.73. The van der Waals surface area contributed by atoms with Crippen LogP contribution in [0, 0.1) is 46.3 Å². The molecule has 0 saturated heterocycles. The molecule has 4 N–H and O–H groups in total. The Hall–Kier alpha value is -1.92. The molecular formula is C33H49N3O3. The number of rotatable bonds is 7. The fourth-order valence-corrected chi connectivity index (χ4v) is 10.3. The Morgan fingerprint density at radius 3 is 2.74 bits per heavy atom. The Kier molecular flexibility index (Phi) is 7.33. The van der Waals surface area contributed by atoms with Crippen molar-refractivity contribution in [3.05, 3.63) is 30.1 Å². The van der Waals surface area contributed by atoms with Crippen LogP contribution < -0.4 is 5.32 Å². The SMILES string of the molecule is CC(CCC(=O)NCCc1nc2ccccc2[nH]1)[C@H]1CC[C@H]2[C@@H]3CC[C@@H]4C[C@H](O)CC[C@]4(C)[C@H]3C[C@H](O)[C@]12C. The Bertz CT molecular complexity index is 1150. The van der Waals surface area contributed by atoms with Crippen LogP contribution in [0.25, 0.3) is 11.0 Å². The van der Waals surface area contributed by atoms with Gasteiger partial charge in [-0.3, -0.25) is 4.79 Å². The fraction of sp³-hybridized carbons (Fsp3) is 0.758. The number of nitrogens with one attached hydrogen (secondary N) is 2. The van der Waals surface area contributed by atoms with Crippen molar-refractivity contribution >= 4 is 16.9 Å². The zero-order valence-corrected chi connectivity index (χ0v) is 24.2. The standard InChI is InChI=1S/C33H49N3O3/c1-20(8-13-31(39)34-17-15-30-35-27-6-4-5-7-28(27)36-30)24-11-12-25-23-10-9-21-18-22(37)14-16-32(21,2)26(23)19-29(38)33(24,25)3/h4-7,20-26,29,37-38H,8-19H2,1-3H3,(H,34,39)(H,35,36)/t20?,21-,22-,23+,24-,25+,26+,29+,32+,33-/m1/s1. The van der Waals surface area contributed by atoms with Crippen LogP contribution in [0.15, 0.2) is 24.3 Å². The number of benzene rings is 1. The van der Waals surface area contributed by atoms with E-state index in [0.29, 0.717) is 54.9 Å². The molecule has 1 aromatic heterocycles. The number of carbonyl (C=O) groups excluding carboxylic acids is 1. The minimum atomic E-state index is -0.265. The molecule has 39 heavy (non-hydrogen) atoms. The van der Waals surface area contributed by atoms with Crippen LogP contribution in [0.3, 0.4) is 0 Å². The molecule has 214 valence electrons. The van der Waals surface area contributed by atoms with Gasteiger partial charge in [0.1, 0.15) is 5.82 Å². The molecule has 4 aliphatic carbocycles. The summed E-state index contributed by atoms with van der Waals surface area (Å²) in [7, 11) is 0. The number of aromatic amines is 1. The van der Waals surface area contributed by atoms with E-state index in [4.69, 9.17) is 0 Å². The number of carbonyl (C=O) groups is 1. The van der Waals surface area contributed by atoms with Gasteiger partial charge in [0.2, 0.25) is 5.91 Å². The summed E-state index contributed by atoms with van der Waals surface area (Å²) in [6, 6.07) is 8.01. The Balaban J connectivity index is 1.04. The Labute approximate surface area is 233 Å². The highest BCUT2D eigenvalue weighted by molar-refractivity contribution is 5.76. The van der Waals surface area contributed by atoms with Gasteiger partial charge < -0.3 is 20.5 Å². The number of aromatic nitrogens is 2. The third-order valence-corrected chi connectivity index (χ3v) is 12.5. The van der Waals surface area contributed by atoms with Crippen LogP contribution in [0.1, 0.15) is 90.8 Å². The first-order chi connectivity index (χ1) is 18.7. The number of aliphatic hydroxyl groups excluding tert-OH is 2. The van der Waals surface area contributed by atoms with Gasteiger partial charge in [0.25, 0.3) is 0 Å². The van der Waals surface area contributed by atoms with Crippen LogP contribution in [0.4, 0.5) is 0 Å². The monoisotopic (exact) mass is 535 g/mol. The molecule has 0 radical (unpaired) electrons. The molecule has 0 aliphatic heterocycles. The number of fused-ring (bicyclic) bond motifs is 6. The molecule has 1 unspecified atom stereocenters. The number of para-hydroxylation sites is 2. The van der Waals surface area contributed by atoms with Crippen molar-refractivity contribution in [3.8, 4) is 0 Å². The summed E-state index contributed by atoms with van der Waals surface area (Å²) in [5.41, 5.74) is 2.23. The van der Waals surface area contributed by atoms with Crippen LogP contribution in [0.2, 0.25) is 0 Å². The van der Waals surface area contributed by atoms with E-state index in [1.807, 2.05) is 24.3 Å². The van der Waals surface area contributed by atoms with E-state index in [1.165, 1.54) is 25.7 Å². The van der Waals surface area contributed by atoms with E-state index < -0.39 is 0 Å². The van der Waals surface area contributed by atoms with Gasteiger partial charge >= 0.3 is 0 Å². The topological polar surface area (TPSA) is 98.2 Å². The smallest absolute Gasteiger partial charge is 0.220 e.